The fraction of sp³-hybridized carbons (Fsp3) is 0.286. The predicted molar refractivity (Wildman–Crippen MR) is 105 cm³/mol. The van der Waals surface area contributed by atoms with E-state index in [2.05, 4.69) is 15.9 Å². The zero-order valence-electron chi connectivity index (χ0n) is 15.0. The van der Waals surface area contributed by atoms with Crippen LogP contribution in [0.4, 0.5) is 0 Å². The van der Waals surface area contributed by atoms with Gasteiger partial charge in [0.2, 0.25) is 0 Å². The summed E-state index contributed by atoms with van der Waals surface area (Å²) >= 11 is 3.44. The van der Waals surface area contributed by atoms with Crippen molar-refractivity contribution in [2.45, 2.75) is 25.4 Å². The number of halogens is 1. The van der Waals surface area contributed by atoms with Crippen LogP contribution in [0.2, 0.25) is 0 Å². The van der Waals surface area contributed by atoms with Crippen molar-refractivity contribution in [1.29, 1.82) is 0 Å². The smallest absolute Gasteiger partial charge is 0.197 e. The Balaban J connectivity index is 1.83. The zero-order chi connectivity index (χ0) is 19.3. The van der Waals surface area contributed by atoms with Crippen LogP contribution in [0.1, 0.15) is 41.1 Å². The molecule has 0 saturated carbocycles. The minimum atomic E-state index is -0.948. The molecule has 6 heteroatoms. The molecule has 0 spiro atoms. The number of carbonyl (C=O) groups excluding carboxylic acids is 1. The minimum Gasteiger partial charge on any atom is -0.491 e. The molecule has 1 aromatic heterocycles. The van der Waals surface area contributed by atoms with E-state index < -0.39 is 11.5 Å². The highest BCUT2D eigenvalue weighted by Crippen LogP contribution is 2.46. The number of ketones is 1. The van der Waals surface area contributed by atoms with Gasteiger partial charge < -0.3 is 19.4 Å². The van der Waals surface area contributed by atoms with E-state index in [4.69, 9.17) is 14.3 Å². The number of fused-ring (bicyclic) bond motifs is 4. The van der Waals surface area contributed by atoms with Gasteiger partial charge >= 0.3 is 0 Å². The van der Waals surface area contributed by atoms with Gasteiger partial charge in [-0.2, -0.15) is 0 Å². The van der Waals surface area contributed by atoms with Gasteiger partial charge in [0.25, 0.3) is 0 Å². The van der Waals surface area contributed by atoms with E-state index in [1.54, 1.807) is 12.1 Å². The number of benzene rings is 2. The maximum atomic E-state index is 13.2. The topological polar surface area (TPSA) is 79.9 Å². The van der Waals surface area contributed by atoms with Crippen molar-refractivity contribution >= 4 is 32.7 Å². The molecule has 27 heavy (non-hydrogen) atoms. The van der Waals surface area contributed by atoms with Crippen LogP contribution in [0.15, 0.2) is 45.3 Å². The monoisotopic (exact) mass is 430 g/mol. The van der Waals surface area contributed by atoms with Crippen LogP contribution in [-0.2, 0) is 5.41 Å². The molecule has 3 aromatic rings. The summed E-state index contributed by atoms with van der Waals surface area (Å²) in [5.74, 6) is 1.10. The molecule has 140 valence electrons. The average molecular weight is 431 g/mol. The van der Waals surface area contributed by atoms with Crippen molar-refractivity contribution in [3.63, 3.8) is 0 Å². The van der Waals surface area contributed by atoms with Gasteiger partial charge in [0.15, 0.2) is 5.78 Å². The second-order valence-corrected chi connectivity index (χ2v) is 8.17. The lowest BCUT2D eigenvalue weighted by Gasteiger charge is -2.31. The largest absolute Gasteiger partial charge is 0.491 e. The van der Waals surface area contributed by atoms with E-state index in [1.807, 2.05) is 38.1 Å². The van der Waals surface area contributed by atoms with E-state index in [9.17, 15) is 9.90 Å². The van der Waals surface area contributed by atoms with E-state index in [0.29, 0.717) is 28.2 Å². The Morgan fingerprint density at radius 1 is 1.22 bits per heavy atom. The normalized spacial score (nSPS) is 16.1. The summed E-state index contributed by atoms with van der Waals surface area (Å²) in [7, 11) is 0. The molecule has 5 nitrogen and oxygen atoms in total. The van der Waals surface area contributed by atoms with E-state index in [-0.39, 0.29) is 19.0 Å². The maximum Gasteiger partial charge on any atom is 0.197 e. The average Bonchev–Trinajstić information content (AvgIpc) is 3.04. The van der Waals surface area contributed by atoms with Crippen molar-refractivity contribution in [3.05, 3.63) is 63.3 Å². The quantitative estimate of drug-likeness (QED) is 0.657. The number of rotatable bonds is 4. The first-order valence-electron chi connectivity index (χ1n) is 8.66. The van der Waals surface area contributed by atoms with Gasteiger partial charge in [-0.15, -0.1) is 0 Å². The Morgan fingerprint density at radius 3 is 2.74 bits per heavy atom. The van der Waals surface area contributed by atoms with Crippen LogP contribution in [-0.4, -0.2) is 35.3 Å². The lowest BCUT2D eigenvalue weighted by molar-refractivity contribution is 0.0535. The molecule has 0 radical (unpaired) electrons. The Bertz CT molecular complexity index is 1050. The van der Waals surface area contributed by atoms with Gasteiger partial charge in [0.1, 0.15) is 29.8 Å². The van der Waals surface area contributed by atoms with Crippen molar-refractivity contribution in [2.24, 2.45) is 0 Å². The lowest BCUT2D eigenvalue weighted by Crippen LogP contribution is -2.29. The molecule has 0 bridgehead atoms. The fourth-order valence-corrected chi connectivity index (χ4v) is 3.91. The number of ether oxygens (including phenoxy) is 1. The SMILES string of the molecule is CC1(C)c2cc(OC[C@H](O)CO)ccc2C(=O)c2c1oc1cc(Br)ccc21. The van der Waals surface area contributed by atoms with Crippen LogP contribution >= 0.6 is 15.9 Å². The van der Waals surface area contributed by atoms with Crippen molar-refractivity contribution in [1.82, 2.24) is 0 Å². The molecule has 0 saturated heterocycles. The fourth-order valence-electron chi connectivity index (χ4n) is 3.57. The Labute approximate surface area is 164 Å². The number of aliphatic hydroxyl groups excluding tert-OH is 2. The van der Waals surface area contributed by atoms with E-state index >= 15 is 0 Å². The molecule has 0 amide bonds. The summed E-state index contributed by atoms with van der Waals surface area (Å²) < 4.78 is 12.6. The Hall–Kier alpha value is -2.15. The molecule has 0 aliphatic heterocycles. The van der Waals surface area contributed by atoms with Gasteiger partial charge in [-0.1, -0.05) is 15.9 Å². The molecule has 0 unspecified atom stereocenters. The van der Waals surface area contributed by atoms with Crippen LogP contribution < -0.4 is 4.74 Å². The number of carbonyl (C=O) groups is 1. The maximum absolute atomic E-state index is 13.2. The molecule has 1 heterocycles. The number of furan rings is 1. The highest BCUT2D eigenvalue weighted by atomic mass is 79.9. The molecular formula is C21H19BrO5. The van der Waals surface area contributed by atoms with Gasteiger partial charge in [-0.05, 0) is 55.8 Å². The third-order valence-corrected chi connectivity index (χ3v) is 5.50. The van der Waals surface area contributed by atoms with Crippen molar-refractivity contribution in [2.75, 3.05) is 13.2 Å². The van der Waals surface area contributed by atoms with Crippen LogP contribution in [0.3, 0.4) is 0 Å². The third-order valence-electron chi connectivity index (χ3n) is 5.01. The summed E-state index contributed by atoms with van der Waals surface area (Å²) in [5.41, 5.74) is 2.19. The van der Waals surface area contributed by atoms with Gasteiger partial charge in [-0.25, -0.2) is 0 Å². The van der Waals surface area contributed by atoms with Crippen molar-refractivity contribution in [3.8, 4) is 5.75 Å². The van der Waals surface area contributed by atoms with Gasteiger partial charge in [0.05, 0.1) is 12.2 Å². The molecule has 2 aromatic carbocycles. The molecule has 1 aliphatic rings. The highest BCUT2D eigenvalue weighted by Gasteiger charge is 2.41. The molecule has 1 aliphatic carbocycles. The summed E-state index contributed by atoms with van der Waals surface area (Å²) in [6.45, 7) is 3.64. The Morgan fingerprint density at radius 2 is 2.00 bits per heavy atom. The van der Waals surface area contributed by atoms with Crippen LogP contribution in [0.5, 0.6) is 5.75 Å². The number of hydrogen-bond acceptors (Lipinski definition) is 5. The zero-order valence-corrected chi connectivity index (χ0v) is 16.5. The molecule has 4 rings (SSSR count). The summed E-state index contributed by atoms with van der Waals surface area (Å²) in [4.78, 5) is 13.2. The first-order chi connectivity index (χ1) is 12.8. The predicted octanol–water partition coefficient (Wildman–Crippen LogP) is 3.80. The van der Waals surface area contributed by atoms with Crippen LogP contribution in [0, 0.1) is 0 Å². The summed E-state index contributed by atoms with van der Waals surface area (Å²) in [6, 6.07) is 10.9. The lowest BCUT2D eigenvalue weighted by atomic mass is 9.72. The number of hydrogen-bond donors (Lipinski definition) is 2. The van der Waals surface area contributed by atoms with Crippen LogP contribution in [0.25, 0.3) is 11.0 Å². The molecule has 1 atom stereocenters. The standard InChI is InChI=1S/C21H19BrO5/c1-21(2)16-8-13(26-10-12(24)9-23)4-6-14(16)19(25)18-15-5-3-11(22)7-17(15)27-20(18)21/h3-8,12,23-24H,9-10H2,1-2H3/t12-/m1/s1. The highest BCUT2D eigenvalue weighted by molar-refractivity contribution is 9.10. The first-order valence-corrected chi connectivity index (χ1v) is 9.45. The van der Waals surface area contributed by atoms with Gasteiger partial charge in [0, 0.05) is 20.8 Å². The third kappa shape index (κ3) is 2.88. The molecular weight excluding hydrogens is 412 g/mol. The summed E-state index contributed by atoms with van der Waals surface area (Å²) in [5, 5.41) is 19.2. The molecule has 0 fully saturated rings. The summed E-state index contributed by atoms with van der Waals surface area (Å²) in [6.07, 6.45) is -0.948. The van der Waals surface area contributed by atoms with E-state index in [1.165, 1.54) is 0 Å². The van der Waals surface area contributed by atoms with Gasteiger partial charge in [-0.3, -0.25) is 4.79 Å². The second-order valence-electron chi connectivity index (χ2n) is 7.26. The minimum absolute atomic E-state index is 0.0203. The van der Waals surface area contributed by atoms with Crippen molar-refractivity contribution < 1.29 is 24.2 Å². The van der Waals surface area contributed by atoms with E-state index in [0.717, 1.165) is 15.4 Å². The number of aliphatic hydroxyl groups is 2. The second kappa shape index (κ2) is 6.48. The first kappa shape index (κ1) is 18.2. The Kier molecular flexibility index (Phi) is 4.37. The molecule has 2 N–H and O–H groups in total.